The van der Waals surface area contributed by atoms with Crippen molar-refractivity contribution in [2.75, 3.05) is 0 Å². The third kappa shape index (κ3) is 2.92. The molecular formula is C18H14NO2. The van der Waals surface area contributed by atoms with Crippen molar-refractivity contribution in [1.82, 2.24) is 4.98 Å². The fourth-order valence-corrected chi connectivity index (χ4v) is 2.29. The summed E-state index contributed by atoms with van der Waals surface area (Å²) in [6.45, 7) is 2.44. The van der Waals surface area contributed by atoms with Gasteiger partial charge in [0.1, 0.15) is 12.4 Å². The summed E-state index contributed by atoms with van der Waals surface area (Å²) in [6.07, 6.45) is 1.85. The number of nitrogens with zero attached hydrogens (tertiary/aromatic N) is 1. The van der Waals surface area contributed by atoms with Crippen molar-refractivity contribution < 1.29 is 9.53 Å². The second kappa shape index (κ2) is 5.75. The van der Waals surface area contributed by atoms with Crippen LogP contribution in [-0.4, -0.2) is 11.3 Å². The molecule has 21 heavy (non-hydrogen) atoms. The fourth-order valence-electron chi connectivity index (χ4n) is 2.29. The highest BCUT2D eigenvalue weighted by molar-refractivity contribution is 5.82. The van der Waals surface area contributed by atoms with E-state index in [9.17, 15) is 4.79 Å². The molecule has 103 valence electrons. The zero-order chi connectivity index (χ0) is 14.7. The second-order valence-electron chi connectivity index (χ2n) is 4.86. The van der Waals surface area contributed by atoms with Crippen LogP contribution < -0.4 is 4.74 Å². The van der Waals surface area contributed by atoms with E-state index in [0.29, 0.717) is 12.2 Å². The molecular weight excluding hydrogens is 262 g/mol. The van der Waals surface area contributed by atoms with Crippen LogP contribution in [0.15, 0.2) is 54.6 Å². The van der Waals surface area contributed by atoms with Gasteiger partial charge in [-0.05, 0) is 43.3 Å². The Morgan fingerprint density at radius 2 is 1.86 bits per heavy atom. The summed E-state index contributed by atoms with van der Waals surface area (Å²) in [5.41, 5.74) is 3.57. The number of benzene rings is 2. The van der Waals surface area contributed by atoms with Gasteiger partial charge in [-0.3, -0.25) is 9.78 Å². The van der Waals surface area contributed by atoms with Crippen molar-refractivity contribution in [1.29, 1.82) is 0 Å². The molecule has 3 aromatic rings. The average Bonchev–Trinajstić information content (AvgIpc) is 2.53. The molecule has 2 aromatic carbocycles. The van der Waals surface area contributed by atoms with E-state index in [1.54, 1.807) is 24.3 Å². The molecule has 1 heterocycles. The molecule has 0 saturated heterocycles. The Morgan fingerprint density at radius 1 is 1.10 bits per heavy atom. The van der Waals surface area contributed by atoms with Crippen LogP contribution in [-0.2, 0) is 11.4 Å². The lowest BCUT2D eigenvalue weighted by Crippen LogP contribution is -1.99. The van der Waals surface area contributed by atoms with Gasteiger partial charge in [0.2, 0.25) is 6.29 Å². The highest BCUT2D eigenvalue weighted by atomic mass is 16.5. The predicted octanol–water partition coefficient (Wildman–Crippen LogP) is 3.58. The molecule has 0 fully saturated rings. The maximum Gasteiger partial charge on any atom is 0.233 e. The first-order valence-electron chi connectivity index (χ1n) is 6.72. The number of carbonyl (C=O) groups excluding carboxylic acids is 1. The van der Waals surface area contributed by atoms with Gasteiger partial charge >= 0.3 is 0 Å². The van der Waals surface area contributed by atoms with Gasteiger partial charge in [-0.15, -0.1) is 0 Å². The Kier molecular flexibility index (Phi) is 3.65. The molecule has 3 heteroatoms. The zero-order valence-electron chi connectivity index (χ0n) is 11.7. The van der Waals surface area contributed by atoms with Crippen LogP contribution in [0, 0.1) is 6.92 Å². The van der Waals surface area contributed by atoms with Gasteiger partial charge in [0.25, 0.3) is 0 Å². The van der Waals surface area contributed by atoms with Crippen LogP contribution in [0.3, 0.4) is 0 Å². The first-order valence-corrected chi connectivity index (χ1v) is 6.72. The van der Waals surface area contributed by atoms with Crippen molar-refractivity contribution in [3.8, 4) is 5.75 Å². The van der Waals surface area contributed by atoms with Crippen LogP contribution in [0.2, 0.25) is 0 Å². The van der Waals surface area contributed by atoms with Gasteiger partial charge in [-0.25, -0.2) is 0 Å². The Hall–Kier alpha value is -2.68. The molecule has 0 atom stereocenters. The van der Waals surface area contributed by atoms with Gasteiger partial charge in [0.05, 0.1) is 5.52 Å². The summed E-state index contributed by atoms with van der Waals surface area (Å²) < 4.78 is 5.80. The first kappa shape index (κ1) is 13.3. The van der Waals surface area contributed by atoms with Gasteiger partial charge in [-0.1, -0.05) is 18.2 Å². The zero-order valence-corrected chi connectivity index (χ0v) is 11.7. The van der Waals surface area contributed by atoms with E-state index in [1.807, 2.05) is 43.5 Å². The molecule has 0 bridgehead atoms. The number of aromatic nitrogens is 1. The predicted molar refractivity (Wildman–Crippen MR) is 82.0 cm³/mol. The maximum absolute atomic E-state index is 10.5. The smallest absolute Gasteiger partial charge is 0.233 e. The van der Waals surface area contributed by atoms with Gasteiger partial charge in [-0.2, -0.15) is 0 Å². The molecule has 0 spiro atoms. The normalized spacial score (nSPS) is 10.5. The van der Waals surface area contributed by atoms with E-state index in [-0.39, 0.29) is 0 Å². The second-order valence-corrected chi connectivity index (χ2v) is 4.86. The van der Waals surface area contributed by atoms with Crippen LogP contribution in [0.5, 0.6) is 5.75 Å². The first-order chi connectivity index (χ1) is 10.3. The standard InChI is InChI=1S/C18H14NO2/c1-13-10-15(17-4-2-3-5-18(17)19-13)12-21-16-8-6-14(11-20)7-9-16/h2-10H,12H2,1H3. The van der Waals surface area contributed by atoms with Gasteiger partial charge in [0, 0.05) is 22.2 Å². The number of fused-ring (bicyclic) bond motifs is 1. The Balaban J connectivity index is 1.85. The lowest BCUT2D eigenvalue weighted by Gasteiger charge is -2.10. The van der Waals surface area contributed by atoms with Crippen molar-refractivity contribution in [2.45, 2.75) is 13.5 Å². The number of aryl methyl sites for hydroxylation is 1. The summed E-state index contributed by atoms with van der Waals surface area (Å²) in [7, 11) is 0. The Labute approximate surface area is 123 Å². The quantitative estimate of drug-likeness (QED) is 0.731. The monoisotopic (exact) mass is 276 g/mol. The summed E-state index contributed by atoms with van der Waals surface area (Å²) in [5, 5.41) is 1.10. The third-order valence-corrected chi connectivity index (χ3v) is 3.30. The van der Waals surface area contributed by atoms with Crippen LogP contribution in [0.4, 0.5) is 0 Å². The van der Waals surface area contributed by atoms with Crippen LogP contribution in [0.1, 0.15) is 16.8 Å². The van der Waals surface area contributed by atoms with E-state index >= 15 is 0 Å². The molecule has 0 aliphatic carbocycles. The number of rotatable bonds is 4. The molecule has 0 N–H and O–H groups in total. The van der Waals surface area contributed by atoms with Crippen molar-refractivity contribution in [3.63, 3.8) is 0 Å². The largest absolute Gasteiger partial charge is 0.489 e. The Bertz CT molecular complexity index is 779. The molecule has 1 radical (unpaired) electrons. The summed E-state index contributed by atoms with van der Waals surface area (Å²) >= 11 is 0. The number of pyridine rings is 1. The lowest BCUT2D eigenvalue weighted by molar-refractivity contribution is 0.307. The van der Waals surface area contributed by atoms with Gasteiger partial charge in [0.15, 0.2) is 0 Å². The summed E-state index contributed by atoms with van der Waals surface area (Å²) in [5.74, 6) is 0.729. The average molecular weight is 276 g/mol. The van der Waals surface area contributed by atoms with Crippen molar-refractivity contribution in [2.24, 2.45) is 0 Å². The highest BCUT2D eigenvalue weighted by Gasteiger charge is 2.04. The minimum atomic E-state index is 0.466. The topological polar surface area (TPSA) is 39.2 Å². The highest BCUT2D eigenvalue weighted by Crippen LogP contribution is 2.20. The molecule has 3 rings (SSSR count). The molecule has 0 unspecified atom stereocenters. The lowest BCUT2D eigenvalue weighted by atomic mass is 10.1. The van der Waals surface area contributed by atoms with Crippen LogP contribution >= 0.6 is 0 Å². The number of para-hydroxylation sites is 1. The van der Waals surface area contributed by atoms with Gasteiger partial charge < -0.3 is 4.74 Å². The summed E-state index contributed by atoms with van der Waals surface area (Å²) in [6, 6.07) is 17.0. The van der Waals surface area contributed by atoms with Crippen LogP contribution in [0.25, 0.3) is 10.9 Å². The summed E-state index contributed by atoms with van der Waals surface area (Å²) in [4.78, 5) is 15.0. The SMILES string of the molecule is Cc1cc(COc2ccc([C]=O)cc2)c2ccccc2n1. The van der Waals surface area contributed by atoms with Crippen molar-refractivity contribution in [3.05, 3.63) is 71.4 Å². The number of ether oxygens (including phenoxy) is 1. The van der Waals surface area contributed by atoms with E-state index in [4.69, 9.17) is 4.74 Å². The molecule has 1 aromatic heterocycles. The van der Waals surface area contributed by atoms with Crippen molar-refractivity contribution >= 4 is 17.2 Å². The van der Waals surface area contributed by atoms with E-state index in [1.165, 1.54) is 0 Å². The molecule has 0 aliphatic rings. The number of hydrogen-bond donors (Lipinski definition) is 0. The molecule has 0 aliphatic heterocycles. The fraction of sp³-hybridized carbons (Fsp3) is 0.111. The number of hydrogen-bond acceptors (Lipinski definition) is 3. The molecule has 0 saturated carbocycles. The van der Waals surface area contributed by atoms with E-state index < -0.39 is 0 Å². The minimum absolute atomic E-state index is 0.466. The molecule has 0 amide bonds. The Morgan fingerprint density at radius 3 is 2.62 bits per heavy atom. The maximum atomic E-state index is 10.5. The minimum Gasteiger partial charge on any atom is -0.489 e. The van der Waals surface area contributed by atoms with E-state index in [2.05, 4.69) is 4.98 Å². The van der Waals surface area contributed by atoms with E-state index in [0.717, 1.165) is 27.9 Å². The molecule has 3 nitrogen and oxygen atoms in total. The third-order valence-electron chi connectivity index (χ3n) is 3.30.